The van der Waals surface area contributed by atoms with Gasteiger partial charge < -0.3 is 14.2 Å². The summed E-state index contributed by atoms with van der Waals surface area (Å²) in [6, 6.07) is 0. The van der Waals surface area contributed by atoms with Crippen molar-refractivity contribution in [1.29, 1.82) is 0 Å². The predicted octanol–water partition coefficient (Wildman–Crippen LogP) is 2.23. The fraction of sp³-hybridized carbons (Fsp3) is 0.786. The maximum atomic E-state index is 12.3. The third-order valence-electron chi connectivity index (χ3n) is 3.01. The highest BCUT2D eigenvalue weighted by molar-refractivity contribution is 5.97. The van der Waals surface area contributed by atoms with Crippen molar-refractivity contribution in [2.45, 2.75) is 33.3 Å². The van der Waals surface area contributed by atoms with Gasteiger partial charge in [-0.05, 0) is 13.0 Å². The molecule has 1 atom stereocenters. The first-order valence-corrected chi connectivity index (χ1v) is 6.14. The SMILES string of the molecule is C/C=C/C(=O)C(COCCOC)(OC)C(C)(C)C. The molecule has 0 heterocycles. The van der Waals surface area contributed by atoms with Crippen molar-refractivity contribution in [3.05, 3.63) is 12.2 Å². The Morgan fingerprint density at radius 2 is 1.78 bits per heavy atom. The molecular weight excluding hydrogens is 232 g/mol. The van der Waals surface area contributed by atoms with Crippen molar-refractivity contribution in [3.8, 4) is 0 Å². The molecule has 0 radical (unpaired) electrons. The number of carbonyl (C=O) groups excluding carboxylic acids is 1. The van der Waals surface area contributed by atoms with E-state index in [1.54, 1.807) is 20.3 Å². The minimum Gasteiger partial charge on any atom is -0.382 e. The van der Waals surface area contributed by atoms with Gasteiger partial charge in [-0.2, -0.15) is 0 Å². The summed E-state index contributed by atoms with van der Waals surface area (Å²) in [6.07, 6.45) is 3.26. The lowest BCUT2D eigenvalue weighted by Gasteiger charge is -2.41. The van der Waals surface area contributed by atoms with E-state index in [0.29, 0.717) is 13.2 Å². The number of hydrogen-bond acceptors (Lipinski definition) is 4. The summed E-state index contributed by atoms with van der Waals surface area (Å²) in [7, 11) is 3.16. The zero-order valence-corrected chi connectivity index (χ0v) is 12.4. The van der Waals surface area contributed by atoms with Crippen LogP contribution in [-0.4, -0.2) is 45.4 Å². The second-order valence-electron chi connectivity index (χ2n) is 5.19. The first kappa shape index (κ1) is 17.3. The molecule has 4 nitrogen and oxygen atoms in total. The first-order valence-electron chi connectivity index (χ1n) is 6.14. The standard InChI is InChI=1S/C14H26O4/c1-7-8-12(15)14(17-6,13(2,3)4)11-18-10-9-16-5/h7-8H,9-11H2,1-6H3/b8-7+. The van der Waals surface area contributed by atoms with Gasteiger partial charge in [-0.1, -0.05) is 26.8 Å². The third-order valence-corrected chi connectivity index (χ3v) is 3.01. The van der Waals surface area contributed by atoms with Crippen LogP contribution >= 0.6 is 0 Å². The van der Waals surface area contributed by atoms with Gasteiger partial charge in [0, 0.05) is 19.6 Å². The van der Waals surface area contributed by atoms with E-state index in [-0.39, 0.29) is 17.8 Å². The van der Waals surface area contributed by atoms with Crippen LogP contribution in [0.1, 0.15) is 27.7 Å². The van der Waals surface area contributed by atoms with Crippen molar-refractivity contribution in [2.24, 2.45) is 5.41 Å². The van der Waals surface area contributed by atoms with E-state index in [1.807, 2.05) is 27.7 Å². The molecule has 0 aromatic rings. The molecule has 0 aliphatic rings. The summed E-state index contributed by atoms with van der Waals surface area (Å²) in [4.78, 5) is 12.3. The van der Waals surface area contributed by atoms with Gasteiger partial charge in [0.1, 0.15) is 0 Å². The molecule has 0 aromatic carbocycles. The Morgan fingerprint density at radius 3 is 2.17 bits per heavy atom. The van der Waals surface area contributed by atoms with Crippen LogP contribution in [0, 0.1) is 5.41 Å². The average Bonchev–Trinajstić information content (AvgIpc) is 2.28. The molecule has 0 amide bonds. The summed E-state index contributed by atoms with van der Waals surface area (Å²) in [5.74, 6) is -0.0718. The molecule has 0 aliphatic heterocycles. The Kier molecular flexibility index (Phi) is 7.36. The monoisotopic (exact) mass is 258 g/mol. The molecule has 0 bridgehead atoms. The van der Waals surface area contributed by atoms with Crippen LogP contribution in [0.2, 0.25) is 0 Å². The minimum atomic E-state index is -0.965. The van der Waals surface area contributed by atoms with Crippen molar-refractivity contribution in [2.75, 3.05) is 34.0 Å². The number of methoxy groups -OCH3 is 2. The van der Waals surface area contributed by atoms with E-state index < -0.39 is 5.60 Å². The number of ketones is 1. The van der Waals surface area contributed by atoms with E-state index in [1.165, 1.54) is 6.08 Å². The first-order chi connectivity index (χ1) is 8.35. The molecule has 0 saturated heterocycles. The number of rotatable bonds is 8. The topological polar surface area (TPSA) is 44.8 Å². The van der Waals surface area contributed by atoms with Crippen LogP contribution in [0.5, 0.6) is 0 Å². The van der Waals surface area contributed by atoms with Gasteiger partial charge in [0.15, 0.2) is 11.4 Å². The third kappa shape index (κ3) is 4.19. The maximum Gasteiger partial charge on any atom is 0.190 e. The van der Waals surface area contributed by atoms with Gasteiger partial charge in [-0.15, -0.1) is 0 Å². The molecule has 0 saturated carbocycles. The van der Waals surface area contributed by atoms with Crippen LogP contribution in [0.25, 0.3) is 0 Å². The molecule has 0 aliphatic carbocycles. The smallest absolute Gasteiger partial charge is 0.190 e. The minimum absolute atomic E-state index is 0.0718. The summed E-state index contributed by atoms with van der Waals surface area (Å²) >= 11 is 0. The Bertz CT molecular complexity index is 278. The van der Waals surface area contributed by atoms with Crippen LogP contribution in [0.3, 0.4) is 0 Å². The summed E-state index contributed by atoms with van der Waals surface area (Å²) in [5, 5.41) is 0. The highest BCUT2D eigenvalue weighted by Crippen LogP contribution is 2.35. The molecule has 0 N–H and O–H groups in total. The number of allylic oxidation sites excluding steroid dienone is 1. The van der Waals surface area contributed by atoms with Gasteiger partial charge in [-0.25, -0.2) is 0 Å². The molecule has 0 spiro atoms. The van der Waals surface area contributed by atoms with Gasteiger partial charge in [-0.3, -0.25) is 4.79 Å². The number of ether oxygens (including phenoxy) is 3. The maximum absolute atomic E-state index is 12.3. The van der Waals surface area contributed by atoms with Crippen LogP contribution in [0.4, 0.5) is 0 Å². The molecule has 1 unspecified atom stereocenters. The fourth-order valence-electron chi connectivity index (χ4n) is 1.77. The van der Waals surface area contributed by atoms with Gasteiger partial charge >= 0.3 is 0 Å². The van der Waals surface area contributed by atoms with Gasteiger partial charge in [0.05, 0.1) is 19.8 Å². The zero-order valence-electron chi connectivity index (χ0n) is 12.4. The Hall–Kier alpha value is -0.710. The second kappa shape index (κ2) is 7.67. The normalized spacial score (nSPS) is 15.9. The van der Waals surface area contributed by atoms with Crippen molar-refractivity contribution in [3.63, 3.8) is 0 Å². The van der Waals surface area contributed by atoms with Crippen LogP contribution in [-0.2, 0) is 19.0 Å². The Morgan fingerprint density at radius 1 is 1.17 bits per heavy atom. The highest BCUT2D eigenvalue weighted by atomic mass is 16.6. The van der Waals surface area contributed by atoms with Crippen molar-refractivity contribution in [1.82, 2.24) is 0 Å². The lowest BCUT2D eigenvalue weighted by molar-refractivity contribution is -0.165. The molecule has 0 fully saturated rings. The molecule has 4 heteroatoms. The highest BCUT2D eigenvalue weighted by Gasteiger charge is 2.47. The predicted molar refractivity (Wildman–Crippen MR) is 71.7 cm³/mol. The Labute approximate surface area is 110 Å². The zero-order chi connectivity index (χ0) is 14.2. The van der Waals surface area contributed by atoms with E-state index in [4.69, 9.17) is 14.2 Å². The van der Waals surface area contributed by atoms with E-state index >= 15 is 0 Å². The number of hydrogen-bond donors (Lipinski definition) is 0. The van der Waals surface area contributed by atoms with Crippen LogP contribution in [0.15, 0.2) is 12.2 Å². The van der Waals surface area contributed by atoms with E-state index in [9.17, 15) is 4.79 Å². The molecule has 18 heavy (non-hydrogen) atoms. The lowest BCUT2D eigenvalue weighted by Crippen LogP contribution is -2.54. The molecule has 106 valence electrons. The van der Waals surface area contributed by atoms with Crippen LogP contribution < -0.4 is 0 Å². The molecule has 0 aromatic heterocycles. The van der Waals surface area contributed by atoms with E-state index in [2.05, 4.69) is 0 Å². The quantitative estimate of drug-likeness (QED) is 0.494. The molecular formula is C14H26O4. The number of carbonyl (C=O) groups is 1. The average molecular weight is 258 g/mol. The van der Waals surface area contributed by atoms with Gasteiger partial charge in [0.25, 0.3) is 0 Å². The summed E-state index contributed by atoms with van der Waals surface area (Å²) in [6.45, 7) is 8.89. The molecule has 0 rings (SSSR count). The second-order valence-corrected chi connectivity index (χ2v) is 5.19. The van der Waals surface area contributed by atoms with Crippen molar-refractivity contribution >= 4 is 5.78 Å². The fourth-order valence-corrected chi connectivity index (χ4v) is 1.77. The van der Waals surface area contributed by atoms with E-state index in [0.717, 1.165) is 0 Å². The summed E-state index contributed by atoms with van der Waals surface area (Å²) < 4.78 is 16.0. The van der Waals surface area contributed by atoms with Gasteiger partial charge in [0.2, 0.25) is 0 Å². The van der Waals surface area contributed by atoms with Crippen molar-refractivity contribution < 1.29 is 19.0 Å². The Balaban J connectivity index is 4.95. The largest absolute Gasteiger partial charge is 0.382 e. The lowest BCUT2D eigenvalue weighted by atomic mass is 9.73. The summed E-state index contributed by atoms with van der Waals surface area (Å²) in [5.41, 5.74) is -1.32.